The van der Waals surface area contributed by atoms with Gasteiger partial charge in [-0.2, -0.15) is 4.37 Å². The Hall–Kier alpha value is -0.970. The van der Waals surface area contributed by atoms with E-state index >= 15 is 0 Å². The van der Waals surface area contributed by atoms with E-state index < -0.39 is 11.9 Å². The molecule has 1 heterocycles. The maximum atomic E-state index is 11.0. The topological polar surface area (TPSA) is 63.1 Å². The number of carboxylic acids is 1. The number of aromatic nitrogens is 2. The summed E-state index contributed by atoms with van der Waals surface area (Å²) in [7, 11) is 0. The van der Waals surface area contributed by atoms with Crippen LogP contribution in [-0.2, 0) is 4.79 Å². The van der Waals surface area contributed by atoms with E-state index in [1.54, 1.807) is 0 Å². The fraction of sp³-hybridized carbons (Fsp3) is 0.700. The molecule has 0 saturated heterocycles. The molecule has 0 spiro atoms. The van der Waals surface area contributed by atoms with Gasteiger partial charge in [0.15, 0.2) is 0 Å². The highest BCUT2D eigenvalue weighted by Gasteiger charge is 2.30. The summed E-state index contributed by atoms with van der Waals surface area (Å²) in [6.07, 6.45) is 3.81. The van der Waals surface area contributed by atoms with Crippen LogP contribution in [0.3, 0.4) is 0 Å². The Morgan fingerprint density at radius 1 is 1.67 bits per heavy atom. The second kappa shape index (κ2) is 4.26. The largest absolute Gasteiger partial charge is 0.481 e. The van der Waals surface area contributed by atoms with Crippen LogP contribution in [0.1, 0.15) is 55.3 Å². The van der Waals surface area contributed by atoms with Gasteiger partial charge in [0, 0.05) is 5.92 Å². The first-order valence-electron chi connectivity index (χ1n) is 5.28. The predicted octanol–water partition coefficient (Wildman–Crippen LogP) is 2.38. The zero-order valence-electron chi connectivity index (χ0n) is 8.64. The molecule has 1 aliphatic carbocycles. The molecule has 1 saturated carbocycles. The van der Waals surface area contributed by atoms with Gasteiger partial charge in [-0.25, -0.2) is 4.98 Å². The van der Waals surface area contributed by atoms with Crippen molar-refractivity contribution in [2.24, 2.45) is 0 Å². The van der Waals surface area contributed by atoms with Crippen molar-refractivity contribution in [3.05, 3.63) is 10.8 Å². The first kappa shape index (κ1) is 10.5. The van der Waals surface area contributed by atoms with Crippen LogP contribution in [0.5, 0.6) is 0 Å². The molecule has 0 aliphatic heterocycles. The van der Waals surface area contributed by atoms with Crippen LogP contribution in [0.15, 0.2) is 0 Å². The van der Waals surface area contributed by atoms with Crippen molar-refractivity contribution in [2.45, 2.75) is 44.4 Å². The fourth-order valence-corrected chi connectivity index (χ4v) is 2.39. The number of hydrogen-bond acceptors (Lipinski definition) is 4. The van der Waals surface area contributed by atoms with Crippen LogP contribution in [0.4, 0.5) is 0 Å². The van der Waals surface area contributed by atoms with Crippen LogP contribution < -0.4 is 0 Å². The van der Waals surface area contributed by atoms with Gasteiger partial charge in [-0.1, -0.05) is 13.3 Å². The minimum Gasteiger partial charge on any atom is -0.481 e. The second-order valence-corrected chi connectivity index (χ2v) is 4.73. The average Bonchev–Trinajstić information content (AvgIpc) is 2.94. The van der Waals surface area contributed by atoms with Crippen LogP contribution in [0.2, 0.25) is 0 Å². The third-order valence-electron chi connectivity index (χ3n) is 2.57. The van der Waals surface area contributed by atoms with Crippen molar-refractivity contribution in [2.75, 3.05) is 0 Å². The molecule has 2 rings (SSSR count). The zero-order valence-corrected chi connectivity index (χ0v) is 9.46. The molecule has 15 heavy (non-hydrogen) atoms. The van der Waals surface area contributed by atoms with E-state index in [1.807, 2.05) is 6.92 Å². The molecule has 0 radical (unpaired) electrons. The second-order valence-electron chi connectivity index (χ2n) is 3.94. The van der Waals surface area contributed by atoms with Crippen molar-refractivity contribution < 1.29 is 9.90 Å². The SMILES string of the molecule is CCCC(C(=O)O)c1nc(C2CC2)ns1. The summed E-state index contributed by atoms with van der Waals surface area (Å²) in [6.45, 7) is 1.98. The van der Waals surface area contributed by atoms with E-state index in [1.165, 1.54) is 11.5 Å². The summed E-state index contributed by atoms with van der Waals surface area (Å²) in [5, 5.41) is 9.73. The van der Waals surface area contributed by atoms with Gasteiger partial charge >= 0.3 is 5.97 Å². The number of hydrogen-bond donors (Lipinski definition) is 1. The number of rotatable bonds is 5. The lowest BCUT2D eigenvalue weighted by Gasteiger charge is -2.05. The Morgan fingerprint density at radius 3 is 2.93 bits per heavy atom. The van der Waals surface area contributed by atoms with Gasteiger partial charge in [0.25, 0.3) is 0 Å². The molecule has 1 atom stereocenters. The molecule has 1 unspecified atom stereocenters. The van der Waals surface area contributed by atoms with Gasteiger partial charge in [0.1, 0.15) is 16.7 Å². The highest BCUT2D eigenvalue weighted by atomic mass is 32.1. The highest BCUT2D eigenvalue weighted by Crippen LogP contribution is 2.39. The Morgan fingerprint density at radius 2 is 2.40 bits per heavy atom. The molecule has 0 amide bonds. The lowest BCUT2D eigenvalue weighted by atomic mass is 10.1. The molecule has 5 heteroatoms. The molecule has 4 nitrogen and oxygen atoms in total. The normalized spacial score (nSPS) is 17.7. The molecule has 1 aromatic rings. The quantitative estimate of drug-likeness (QED) is 0.837. The number of carbonyl (C=O) groups is 1. The van der Waals surface area contributed by atoms with Crippen LogP contribution in [-0.4, -0.2) is 20.4 Å². The molecular weight excluding hydrogens is 212 g/mol. The van der Waals surface area contributed by atoms with Crippen LogP contribution in [0.25, 0.3) is 0 Å². The van der Waals surface area contributed by atoms with Crippen molar-refractivity contribution in [3.63, 3.8) is 0 Å². The summed E-state index contributed by atoms with van der Waals surface area (Å²) < 4.78 is 4.23. The van der Waals surface area contributed by atoms with Crippen LogP contribution >= 0.6 is 11.5 Å². The van der Waals surface area contributed by atoms with E-state index in [0.717, 1.165) is 25.1 Å². The third-order valence-corrected chi connectivity index (χ3v) is 3.41. The molecule has 0 aromatic carbocycles. The predicted molar refractivity (Wildman–Crippen MR) is 57.2 cm³/mol. The van der Waals surface area contributed by atoms with Crippen molar-refractivity contribution in [1.29, 1.82) is 0 Å². The average molecular weight is 226 g/mol. The number of nitrogens with zero attached hydrogens (tertiary/aromatic N) is 2. The van der Waals surface area contributed by atoms with E-state index in [4.69, 9.17) is 5.11 Å². The van der Waals surface area contributed by atoms with Crippen molar-refractivity contribution in [1.82, 2.24) is 9.36 Å². The van der Waals surface area contributed by atoms with Crippen molar-refractivity contribution >= 4 is 17.5 Å². The summed E-state index contributed by atoms with van der Waals surface area (Å²) >= 11 is 1.25. The number of carboxylic acid groups (broad SMARTS) is 1. The van der Waals surface area contributed by atoms with Gasteiger partial charge in [-0.05, 0) is 30.8 Å². The zero-order chi connectivity index (χ0) is 10.8. The number of aliphatic carboxylic acids is 1. The van der Waals surface area contributed by atoms with Crippen LogP contribution in [0, 0.1) is 0 Å². The molecule has 1 fully saturated rings. The minimum absolute atomic E-state index is 0.458. The maximum Gasteiger partial charge on any atom is 0.313 e. The van der Waals surface area contributed by atoms with E-state index in [-0.39, 0.29) is 0 Å². The molecule has 1 aliphatic rings. The summed E-state index contributed by atoms with van der Waals surface area (Å²) in [5.41, 5.74) is 0. The monoisotopic (exact) mass is 226 g/mol. The van der Waals surface area contributed by atoms with Gasteiger partial charge < -0.3 is 5.11 Å². The fourth-order valence-electron chi connectivity index (χ4n) is 1.54. The van der Waals surface area contributed by atoms with E-state index in [9.17, 15) is 4.79 Å². The Kier molecular flexibility index (Phi) is 3.00. The summed E-state index contributed by atoms with van der Waals surface area (Å²) in [4.78, 5) is 15.4. The van der Waals surface area contributed by atoms with Gasteiger partial charge in [-0.15, -0.1) is 0 Å². The smallest absolute Gasteiger partial charge is 0.313 e. The third kappa shape index (κ3) is 2.34. The van der Waals surface area contributed by atoms with Gasteiger partial charge in [0.05, 0.1) is 0 Å². The Balaban J connectivity index is 2.13. The summed E-state index contributed by atoms with van der Waals surface area (Å²) in [6, 6.07) is 0. The molecular formula is C10H14N2O2S. The minimum atomic E-state index is -0.782. The standard InChI is InChI=1S/C10H14N2O2S/c1-2-3-7(10(13)14)9-11-8(12-15-9)6-4-5-6/h6-7H,2-5H2,1H3,(H,13,14). The first-order chi connectivity index (χ1) is 7.22. The molecule has 1 aromatic heterocycles. The molecule has 82 valence electrons. The molecule has 1 N–H and O–H groups in total. The van der Waals surface area contributed by atoms with E-state index in [0.29, 0.717) is 17.3 Å². The summed E-state index contributed by atoms with van der Waals surface area (Å²) in [5.74, 6) is 0.124. The van der Waals surface area contributed by atoms with Gasteiger partial charge in [-0.3, -0.25) is 4.79 Å². The lowest BCUT2D eigenvalue weighted by Crippen LogP contribution is -2.11. The first-order valence-corrected chi connectivity index (χ1v) is 6.06. The lowest BCUT2D eigenvalue weighted by molar-refractivity contribution is -0.139. The Labute approximate surface area is 92.5 Å². The van der Waals surface area contributed by atoms with Crippen molar-refractivity contribution in [3.8, 4) is 0 Å². The van der Waals surface area contributed by atoms with E-state index in [2.05, 4.69) is 9.36 Å². The molecule has 0 bridgehead atoms. The van der Waals surface area contributed by atoms with Gasteiger partial charge in [0.2, 0.25) is 0 Å². The Bertz CT molecular complexity index is 360. The highest BCUT2D eigenvalue weighted by molar-refractivity contribution is 7.05. The maximum absolute atomic E-state index is 11.0.